The van der Waals surface area contributed by atoms with E-state index in [1.54, 1.807) is 19.9 Å². The zero-order valence-electron chi connectivity index (χ0n) is 11.3. The fourth-order valence-electron chi connectivity index (χ4n) is 1.12. The molecule has 1 aromatic heterocycles. The van der Waals surface area contributed by atoms with Crippen LogP contribution in [0, 0.1) is 6.92 Å². The molecule has 0 bridgehead atoms. The molecule has 1 heterocycles. The summed E-state index contributed by atoms with van der Waals surface area (Å²) in [4.78, 5) is 28.0. The SMILES string of the molecule is CON(C)C(=O)CS[C@@H](C)C(=O)Nc1cc(C)on1. The van der Waals surface area contributed by atoms with E-state index in [1.807, 2.05) is 0 Å². The minimum Gasteiger partial charge on any atom is -0.360 e. The lowest BCUT2D eigenvalue weighted by molar-refractivity contribution is -0.165. The number of nitrogens with one attached hydrogen (secondary N) is 1. The first kappa shape index (κ1) is 15.5. The van der Waals surface area contributed by atoms with Crippen LogP contribution < -0.4 is 5.32 Å². The Morgan fingerprint density at radius 3 is 2.84 bits per heavy atom. The number of hydroxylamine groups is 2. The van der Waals surface area contributed by atoms with Gasteiger partial charge in [-0.1, -0.05) is 5.16 Å². The molecule has 0 saturated carbocycles. The molecule has 1 aromatic rings. The summed E-state index contributed by atoms with van der Waals surface area (Å²) < 4.78 is 4.84. The van der Waals surface area contributed by atoms with Crippen molar-refractivity contribution < 1.29 is 18.9 Å². The molecule has 0 aromatic carbocycles. The van der Waals surface area contributed by atoms with Crippen molar-refractivity contribution in [2.24, 2.45) is 0 Å². The molecule has 0 radical (unpaired) electrons. The second-order valence-electron chi connectivity index (χ2n) is 3.84. The summed E-state index contributed by atoms with van der Waals surface area (Å²) in [7, 11) is 2.93. The van der Waals surface area contributed by atoms with Crippen molar-refractivity contribution in [2.75, 3.05) is 25.2 Å². The normalized spacial score (nSPS) is 12.0. The minimum absolute atomic E-state index is 0.163. The van der Waals surface area contributed by atoms with Gasteiger partial charge in [0.1, 0.15) is 5.76 Å². The van der Waals surface area contributed by atoms with Gasteiger partial charge in [-0.05, 0) is 13.8 Å². The monoisotopic (exact) mass is 287 g/mol. The van der Waals surface area contributed by atoms with Gasteiger partial charge in [-0.3, -0.25) is 14.4 Å². The molecule has 0 aliphatic heterocycles. The second kappa shape index (κ2) is 7.15. The Morgan fingerprint density at radius 1 is 1.63 bits per heavy atom. The van der Waals surface area contributed by atoms with Crippen molar-refractivity contribution in [1.29, 1.82) is 0 Å². The summed E-state index contributed by atoms with van der Waals surface area (Å²) in [6.07, 6.45) is 0. The molecule has 1 N–H and O–H groups in total. The average molecular weight is 287 g/mol. The highest BCUT2D eigenvalue weighted by atomic mass is 32.2. The van der Waals surface area contributed by atoms with Gasteiger partial charge in [0.2, 0.25) is 5.91 Å². The summed E-state index contributed by atoms with van der Waals surface area (Å²) in [5.74, 6) is 0.718. The van der Waals surface area contributed by atoms with E-state index < -0.39 is 0 Å². The van der Waals surface area contributed by atoms with Crippen LogP contribution in [0.25, 0.3) is 0 Å². The van der Waals surface area contributed by atoms with Gasteiger partial charge in [0.05, 0.1) is 18.1 Å². The smallest absolute Gasteiger partial charge is 0.255 e. The number of aryl methyl sites for hydroxylation is 1. The largest absolute Gasteiger partial charge is 0.360 e. The Labute approximate surface area is 115 Å². The molecule has 0 saturated heterocycles. The van der Waals surface area contributed by atoms with Gasteiger partial charge in [-0.2, -0.15) is 0 Å². The van der Waals surface area contributed by atoms with Crippen molar-refractivity contribution in [1.82, 2.24) is 10.2 Å². The molecule has 2 amide bonds. The van der Waals surface area contributed by atoms with Gasteiger partial charge in [0.15, 0.2) is 5.82 Å². The molecule has 1 rings (SSSR count). The number of carbonyl (C=O) groups excluding carboxylic acids is 2. The minimum atomic E-state index is -0.383. The van der Waals surface area contributed by atoms with Crippen LogP contribution in [0.5, 0.6) is 0 Å². The van der Waals surface area contributed by atoms with Crippen LogP contribution in [0.2, 0.25) is 0 Å². The van der Waals surface area contributed by atoms with Gasteiger partial charge in [-0.25, -0.2) is 5.06 Å². The van der Waals surface area contributed by atoms with Crippen LogP contribution in [-0.4, -0.2) is 47.2 Å². The number of aromatic nitrogens is 1. The van der Waals surface area contributed by atoms with E-state index >= 15 is 0 Å². The molecule has 8 heteroatoms. The van der Waals surface area contributed by atoms with Crippen molar-refractivity contribution >= 4 is 29.4 Å². The fourth-order valence-corrected chi connectivity index (χ4v) is 1.90. The first-order valence-corrected chi connectivity index (χ1v) is 6.65. The van der Waals surface area contributed by atoms with Crippen molar-refractivity contribution in [2.45, 2.75) is 19.1 Å². The number of hydrogen-bond acceptors (Lipinski definition) is 6. The zero-order valence-corrected chi connectivity index (χ0v) is 12.1. The second-order valence-corrected chi connectivity index (χ2v) is 5.17. The first-order valence-electron chi connectivity index (χ1n) is 5.60. The van der Waals surface area contributed by atoms with Crippen LogP contribution in [0.4, 0.5) is 5.82 Å². The van der Waals surface area contributed by atoms with E-state index in [4.69, 9.17) is 9.36 Å². The predicted molar refractivity (Wildman–Crippen MR) is 71.6 cm³/mol. The summed E-state index contributed by atoms with van der Waals surface area (Å²) in [5.41, 5.74) is 0. The van der Waals surface area contributed by atoms with Crippen LogP contribution in [0.1, 0.15) is 12.7 Å². The summed E-state index contributed by atoms with van der Waals surface area (Å²) in [6, 6.07) is 1.62. The molecule has 0 fully saturated rings. The highest BCUT2D eigenvalue weighted by molar-refractivity contribution is 8.01. The molecule has 106 valence electrons. The lowest BCUT2D eigenvalue weighted by Crippen LogP contribution is -2.29. The quantitative estimate of drug-likeness (QED) is 0.788. The average Bonchev–Trinajstić information content (AvgIpc) is 2.79. The van der Waals surface area contributed by atoms with Crippen molar-refractivity contribution in [3.63, 3.8) is 0 Å². The standard InChI is InChI=1S/C11H17N3O4S/c1-7-5-9(13-18-7)12-11(16)8(2)19-6-10(15)14(3)17-4/h5,8H,6H2,1-4H3,(H,12,13,16)/t8-/m0/s1. The molecule has 0 unspecified atom stereocenters. The van der Waals surface area contributed by atoms with E-state index in [-0.39, 0.29) is 22.8 Å². The van der Waals surface area contributed by atoms with E-state index in [2.05, 4.69) is 10.5 Å². The summed E-state index contributed by atoms with van der Waals surface area (Å²) in [5, 5.41) is 7.01. The molecule has 1 atom stereocenters. The zero-order chi connectivity index (χ0) is 14.4. The number of anilines is 1. The number of rotatable bonds is 6. The Bertz CT molecular complexity index is 449. The maximum absolute atomic E-state index is 11.8. The maximum atomic E-state index is 11.8. The van der Waals surface area contributed by atoms with Gasteiger partial charge < -0.3 is 9.84 Å². The Hall–Kier alpha value is -1.54. The predicted octanol–water partition coefficient (Wildman–Crippen LogP) is 1.06. The Balaban J connectivity index is 2.39. The van der Waals surface area contributed by atoms with E-state index in [9.17, 15) is 9.59 Å². The third kappa shape index (κ3) is 4.92. The van der Waals surface area contributed by atoms with Gasteiger partial charge >= 0.3 is 0 Å². The van der Waals surface area contributed by atoms with Crippen LogP contribution in [0.15, 0.2) is 10.6 Å². The number of amides is 2. The third-order valence-corrected chi connectivity index (χ3v) is 3.46. The third-order valence-electron chi connectivity index (χ3n) is 2.33. The molecule has 0 aliphatic rings. The van der Waals surface area contributed by atoms with E-state index in [1.165, 1.54) is 25.9 Å². The molecular formula is C11H17N3O4S. The molecule has 0 spiro atoms. The molecule has 7 nitrogen and oxygen atoms in total. The van der Waals surface area contributed by atoms with Gasteiger partial charge in [-0.15, -0.1) is 11.8 Å². The van der Waals surface area contributed by atoms with Crippen molar-refractivity contribution in [3.05, 3.63) is 11.8 Å². The molecule has 0 aliphatic carbocycles. The van der Waals surface area contributed by atoms with Crippen molar-refractivity contribution in [3.8, 4) is 0 Å². The molecular weight excluding hydrogens is 270 g/mol. The van der Waals surface area contributed by atoms with Gasteiger partial charge in [0, 0.05) is 13.1 Å². The highest BCUT2D eigenvalue weighted by Gasteiger charge is 2.18. The van der Waals surface area contributed by atoms with E-state index in [0.717, 1.165) is 5.06 Å². The fraction of sp³-hybridized carbons (Fsp3) is 0.545. The number of carbonyl (C=O) groups is 2. The summed E-state index contributed by atoms with van der Waals surface area (Å²) in [6.45, 7) is 3.45. The first-order chi connectivity index (χ1) is 8.93. The molecule has 19 heavy (non-hydrogen) atoms. The lowest BCUT2D eigenvalue weighted by atomic mass is 10.4. The van der Waals surface area contributed by atoms with Gasteiger partial charge in [0.25, 0.3) is 5.91 Å². The Kier molecular flexibility index (Phi) is 5.84. The summed E-state index contributed by atoms with van der Waals surface area (Å²) >= 11 is 1.22. The number of thioether (sulfide) groups is 1. The maximum Gasteiger partial charge on any atom is 0.255 e. The highest BCUT2D eigenvalue weighted by Crippen LogP contribution is 2.14. The number of hydrogen-bond donors (Lipinski definition) is 1. The number of nitrogens with zero attached hydrogens (tertiary/aromatic N) is 2. The Morgan fingerprint density at radius 2 is 2.32 bits per heavy atom. The van der Waals surface area contributed by atoms with Crippen LogP contribution >= 0.6 is 11.8 Å². The lowest BCUT2D eigenvalue weighted by Gasteiger charge is -2.15. The van der Waals surface area contributed by atoms with Crippen LogP contribution in [0.3, 0.4) is 0 Å². The topological polar surface area (TPSA) is 84.7 Å². The van der Waals surface area contributed by atoms with E-state index in [0.29, 0.717) is 11.6 Å². The van der Waals surface area contributed by atoms with Crippen LogP contribution in [-0.2, 0) is 14.4 Å².